The lowest BCUT2D eigenvalue weighted by atomic mass is 9.98. The van der Waals surface area contributed by atoms with E-state index in [1.165, 1.54) is 45.2 Å². The largest absolute Gasteiger partial charge is 0.385 e. The summed E-state index contributed by atoms with van der Waals surface area (Å²) in [5.74, 6) is 0. The Morgan fingerprint density at radius 3 is 2.78 bits per heavy atom. The summed E-state index contributed by atoms with van der Waals surface area (Å²) in [4.78, 5) is 2.72. The summed E-state index contributed by atoms with van der Waals surface area (Å²) < 4.78 is 5.26. The van der Waals surface area contributed by atoms with E-state index < -0.39 is 0 Å². The Kier molecular flexibility index (Phi) is 5.05. The minimum Gasteiger partial charge on any atom is -0.385 e. The maximum atomic E-state index is 5.26. The maximum Gasteiger partial charge on any atom is 0.0468 e. The van der Waals surface area contributed by atoms with Crippen molar-refractivity contribution < 1.29 is 4.74 Å². The molecule has 18 heavy (non-hydrogen) atoms. The van der Waals surface area contributed by atoms with E-state index in [9.17, 15) is 0 Å². The van der Waals surface area contributed by atoms with Gasteiger partial charge in [-0.25, -0.2) is 0 Å². The molecular weight excluding hydrogens is 224 g/mol. The Morgan fingerprint density at radius 2 is 2.17 bits per heavy atom. The topological polar surface area (TPSA) is 24.5 Å². The molecule has 1 aliphatic carbocycles. The van der Waals surface area contributed by atoms with Crippen LogP contribution in [-0.2, 0) is 4.74 Å². The third-order valence-corrected chi connectivity index (χ3v) is 4.75. The summed E-state index contributed by atoms with van der Waals surface area (Å²) in [5.41, 5.74) is 0.596. The summed E-state index contributed by atoms with van der Waals surface area (Å²) in [6.07, 6.45) is 6.67. The second kappa shape index (κ2) is 6.36. The zero-order chi connectivity index (χ0) is 13.0. The first kappa shape index (κ1) is 14.3. The Bertz CT molecular complexity index is 253. The molecular formula is C15H30N2O. The van der Waals surface area contributed by atoms with Crippen molar-refractivity contribution in [1.82, 2.24) is 10.2 Å². The van der Waals surface area contributed by atoms with Crippen LogP contribution in [0.4, 0.5) is 0 Å². The first-order chi connectivity index (χ1) is 8.69. The van der Waals surface area contributed by atoms with Gasteiger partial charge in [0, 0.05) is 45.4 Å². The van der Waals surface area contributed by atoms with Crippen LogP contribution in [0, 0.1) is 5.41 Å². The molecule has 2 fully saturated rings. The predicted octanol–water partition coefficient (Wildman–Crippen LogP) is 2.27. The van der Waals surface area contributed by atoms with Gasteiger partial charge >= 0.3 is 0 Å². The molecule has 2 atom stereocenters. The van der Waals surface area contributed by atoms with Crippen molar-refractivity contribution in [3.05, 3.63) is 0 Å². The molecule has 0 aromatic carbocycles. The van der Waals surface area contributed by atoms with E-state index in [0.29, 0.717) is 17.5 Å². The van der Waals surface area contributed by atoms with Crippen molar-refractivity contribution >= 4 is 0 Å². The van der Waals surface area contributed by atoms with E-state index in [0.717, 1.165) is 13.2 Å². The highest BCUT2D eigenvalue weighted by atomic mass is 16.5. The number of ether oxygens (including phenoxy) is 1. The molecule has 0 aromatic rings. The van der Waals surface area contributed by atoms with Gasteiger partial charge in [0.25, 0.3) is 0 Å². The van der Waals surface area contributed by atoms with E-state index in [2.05, 4.69) is 24.1 Å². The number of nitrogens with zero attached hydrogens (tertiary/aromatic N) is 1. The van der Waals surface area contributed by atoms with Gasteiger partial charge in [0.2, 0.25) is 0 Å². The SMILES string of the molecule is CCCC1CN(CC2(CCOC)CC2)C(C)CN1. The van der Waals surface area contributed by atoms with Gasteiger partial charge in [0.1, 0.15) is 0 Å². The van der Waals surface area contributed by atoms with E-state index in [-0.39, 0.29) is 0 Å². The molecule has 2 rings (SSSR count). The molecule has 3 nitrogen and oxygen atoms in total. The molecule has 0 radical (unpaired) electrons. The van der Waals surface area contributed by atoms with Gasteiger partial charge in [-0.1, -0.05) is 13.3 Å². The molecule has 1 N–H and O–H groups in total. The van der Waals surface area contributed by atoms with Gasteiger partial charge in [0.15, 0.2) is 0 Å². The quantitative estimate of drug-likeness (QED) is 0.754. The van der Waals surface area contributed by atoms with Crippen molar-refractivity contribution in [2.24, 2.45) is 5.41 Å². The number of hydrogen-bond donors (Lipinski definition) is 1. The fraction of sp³-hybridized carbons (Fsp3) is 1.00. The zero-order valence-corrected chi connectivity index (χ0v) is 12.4. The standard InChI is InChI=1S/C15H30N2O/c1-4-5-14-11-17(13(2)10-16-14)12-15(6-7-15)8-9-18-3/h13-14,16H,4-12H2,1-3H3. The van der Waals surface area contributed by atoms with Crippen LogP contribution in [0.2, 0.25) is 0 Å². The summed E-state index contributed by atoms with van der Waals surface area (Å²) >= 11 is 0. The van der Waals surface area contributed by atoms with Gasteiger partial charge in [-0.05, 0) is 38.0 Å². The first-order valence-electron chi connectivity index (χ1n) is 7.65. The normalized spacial score (nSPS) is 31.5. The number of methoxy groups -OCH3 is 1. The molecule has 0 bridgehead atoms. The smallest absolute Gasteiger partial charge is 0.0468 e. The molecule has 1 heterocycles. The Labute approximate surface area is 112 Å². The highest BCUT2D eigenvalue weighted by molar-refractivity contribution is 4.98. The van der Waals surface area contributed by atoms with Crippen molar-refractivity contribution in [1.29, 1.82) is 0 Å². The van der Waals surface area contributed by atoms with Crippen LogP contribution < -0.4 is 5.32 Å². The van der Waals surface area contributed by atoms with E-state index in [4.69, 9.17) is 4.74 Å². The van der Waals surface area contributed by atoms with Crippen LogP contribution in [0.3, 0.4) is 0 Å². The summed E-state index contributed by atoms with van der Waals surface area (Å²) in [5, 5.41) is 3.68. The van der Waals surface area contributed by atoms with Crippen LogP contribution >= 0.6 is 0 Å². The molecule has 106 valence electrons. The molecule has 0 spiro atoms. The summed E-state index contributed by atoms with van der Waals surface area (Å²) in [6.45, 7) is 9.26. The monoisotopic (exact) mass is 254 g/mol. The predicted molar refractivity (Wildman–Crippen MR) is 75.9 cm³/mol. The Morgan fingerprint density at radius 1 is 1.39 bits per heavy atom. The second-order valence-corrected chi connectivity index (χ2v) is 6.42. The second-order valence-electron chi connectivity index (χ2n) is 6.42. The van der Waals surface area contributed by atoms with Crippen molar-refractivity contribution in [3.8, 4) is 0 Å². The van der Waals surface area contributed by atoms with Crippen molar-refractivity contribution in [2.75, 3.05) is 33.4 Å². The Balaban J connectivity index is 1.82. The van der Waals surface area contributed by atoms with Crippen LogP contribution in [0.1, 0.15) is 46.0 Å². The fourth-order valence-electron chi connectivity index (χ4n) is 3.17. The lowest BCUT2D eigenvalue weighted by molar-refractivity contribution is 0.0936. The van der Waals surface area contributed by atoms with Crippen LogP contribution in [-0.4, -0.2) is 50.3 Å². The molecule has 2 unspecified atom stereocenters. The summed E-state index contributed by atoms with van der Waals surface area (Å²) in [6, 6.07) is 1.41. The highest BCUT2D eigenvalue weighted by Crippen LogP contribution is 2.49. The minimum absolute atomic E-state index is 0.596. The third kappa shape index (κ3) is 3.69. The number of piperazine rings is 1. The van der Waals surface area contributed by atoms with E-state index in [1.54, 1.807) is 0 Å². The lowest BCUT2D eigenvalue weighted by Crippen LogP contribution is -2.56. The fourth-order valence-corrected chi connectivity index (χ4v) is 3.17. The minimum atomic E-state index is 0.596. The first-order valence-corrected chi connectivity index (χ1v) is 7.65. The molecule has 1 saturated carbocycles. The van der Waals surface area contributed by atoms with Gasteiger partial charge < -0.3 is 10.1 Å². The molecule has 3 heteroatoms. The molecule has 2 aliphatic rings. The number of nitrogens with one attached hydrogen (secondary N) is 1. The summed E-state index contributed by atoms with van der Waals surface area (Å²) in [7, 11) is 1.82. The number of hydrogen-bond acceptors (Lipinski definition) is 3. The Hall–Kier alpha value is -0.120. The maximum absolute atomic E-state index is 5.26. The van der Waals surface area contributed by atoms with E-state index in [1.807, 2.05) is 7.11 Å². The van der Waals surface area contributed by atoms with E-state index >= 15 is 0 Å². The third-order valence-electron chi connectivity index (χ3n) is 4.75. The molecule has 0 aromatic heterocycles. The average molecular weight is 254 g/mol. The highest BCUT2D eigenvalue weighted by Gasteiger charge is 2.44. The van der Waals surface area contributed by atoms with Crippen molar-refractivity contribution in [3.63, 3.8) is 0 Å². The van der Waals surface area contributed by atoms with Crippen LogP contribution in [0.5, 0.6) is 0 Å². The average Bonchev–Trinajstić information content (AvgIpc) is 3.12. The van der Waals surface area contributed by atoms with Gasteiger partial charge in [-0.15, -0.1) is 0 Å². The van der Waals surface area contributed by atoms with Crippen LogP contribution in [0.15, 0.2) is 0 Å². The molecule has 0 amide bonds. The van der Waals surface area contributed by atoms with Crippen LogP contribution in [0.25, 0.3) is 0 Å². The lowest BCUT2D eigenvalue weighted by Gasteiger charge is -2.40. The van der Waals surface area contributed by atoms with Gasteiger partial charge in [-0.3, -0.25) is 4.90 Å². The molecule has 1 saturated heterocycles. The zero-order valence-electron chi connectivity index (χ0n) is 12.4. The molecule has 1 aliphatic heterocycles. The van der Waals surface area contributed by atoms with Gasteiger partial charge in [0.05, 0.1) is 0 Å². The van der Waals surface area contributed by atoms with Gasteiger partial charge in [-0.2, -0.15) is 0 Å². The number of rotatable bonds is 7. The van der Waals surface area contributed by atoms with Crippen molar-refractivity contribution in [2.45, 2.75) is 58.0 Å².